The van der Waals surface area contributed by atoms with Gasteiger partial charge in [-0.25, -0.2) is 9.78 Å². The number of halogens is 2. The van der Waals surface area contributed by atoms with E-state index in [4.69, 9.17) is 25.7 Å². The van der Waals surface area contributed by atoms with Crippen LogP contribution in [0.3, 0.4) is 0 Å². The number of benzene rings is 3. The number of aromatic nitrogens is 2. The van der Waals surface area contributed by atoms with Crippen molar-refractivity contribution in [2.24, 2.45) is 0 Å². The van der Waals surface area contributed by atoms with Crippen LogP contribution in [-0.4, -0.2) is 36.5 Å². The molecule has 0 saturated heterocycles. The second-order valence-electron chi connectivity index (χ2n) is 12.4. The van der Waals surface area contributed by atoms with Crippen molar-refractivity contribution >= 4 is 52.2 Å². The topological polar surface area (TPSA) is 53.4 Å². The number of carbonyl (C=O) groups is 1. The van der Waals surface area contributed by atoms with Gasteiger partial charge in [-0.1, -0.05) is 106 Å². The van der Waals surface area contributed by atoms with E-state index >= 15 is 0 Å². The summed E-state index contributed by atoms with van der Waals surface area (Å²) >= 11 is 10.2. The van der Waals surface area contributed by atoms with Crippen LogP contribution in [0.25, 0.3) is 5.69 Å². The summed E-state index contributed by atoms with van der Waals surface area (Å²) in [6.07, 6.45) is 3.76. The van der Waals surface area contributed by atoms with Crippen molar-refractivity contribution in [3.05, 3.63) is 106 Å². The fraction of sp³-hybridized carbons (Fsp3) is 0.371. The van der Waals surface area contributed by atoms with Crippen LogP contribution in [0.4, 0.5) is 0 Å². The SMILES string of the molecule is CCOC(=O)c1nc(C2CCCC(O[Si](c3ccccc3)(c3ccccc3)C(C)(C)C)C2)n(-c2cc(Cl)ccc2C)c1Br. The van der Waals surface area contributed by atoms with E-state index in [0.717, 1.165) is 42.8 Å². The third-order valence-electron chi connectivity index (χ3n) is 8.48. The lowest BCUT2D eigenvalue weighted by atomic mass is 9.86. The van der Waals surface area contributed by atoms with Gasteiger partial charge in [0.15, 0.2) is 5.69 Å². The molecule has 1 aliphatic rings. The number of rotatable bonds is 8. The Hall–Kier alpha value is -2.71. The molecule has 43 heavy (non-hydrogen) atoms. The maximum Gasteiger partial charge on any atom is 0.359 e. The molecule has 1 saturated carbocycles. The zero-order chi connectivity index (χ0) is 30.8. The lowest BCUT2D eigenvalue weighted by molar-refractivity contribution is 0.0518. The van der Waals surface area contributed by atoms with Gasteiger partial charge in [0.25, 0.3) is 8.32 Å². The van der Waals surface area contributed by atoms with Crippen LogP contribution in [0.1, 0.15) is 81.2 Å². The van der Waals surface area contributed by atoms with E-state index in [1.165, 1.54) is 10.4 Å². The molecule has 0 aliphatic heterocycles. The minimum absolute atomic E-state index is 0.0282. The van der Waals surface area contributed by atoms with Crippen LogP contribution in [0, 0.1) is 6.92 Å². The number of nitrogens with zero attached hydrogens (tertiary/aromatic N) is 2. The summed E-state index contributed by atoms with van der Waals surface area (Å²) in [6, 6.07) is 27.4. The number of hydrogen-bond donors (Lipinski definition) is 0. The molecule has 1 heterocycles. The lowest BCUT2D eigenvalue weighted by Crippen LogP contribution is -2.67. The van der Waals surface area contributed by atoms with Crippen molar-refractivity contribution in [3.8, 4) is 5.69 Å². The molecule has 0 bridgehead atoms. The summed E-state index contributed by atoms with van der Waals surface area (Å²) in [5.74, 6) is 0.468. The minimum atomic E-state index is -2.72. The van der Waals surface area contributed by atoms with Gasteiger partial charge in [0.05, 0.1) is 12.3 Å². The molecule has 1 aromatic heterocycles. The normalized spacial score (nSPS) is 17.6. The standard InChI is InChI=1S/C35H40BrClN2O3Si/c1-6-41-34(40)31-32(36)39(30-23-26(37)21-20-24(30)2)33(38-31)25-14-13-15-27(22-25)42-43(35(3,4)5,28-16-9-7-10-17-28)29-18-11-8-12-19-29/h7-12,16-21,23,25,27H,6,13-15,22H2,1-5H3. The minimum Gasteiger partial charge on any atom is -0.461 e. The zero-order valence-corrected chi connectivity index (χ0v) is 28.9. The van der Waals surface area contributed by atoms with Gasteiger partial charge < -0.3 is 9.16 Å². The molecule has 2 atom stereocenters. The largest absolute Gasteiger partial charge is 0.461 e. The quantitative estimate of drug-likeness (QED) is 0.139. The summed E-state index contributed by atoms with van der Waals surface area (Å²) in [4.78, 5) is 17.9. The number of hydrogen-bond acceptors (Lipinski definition) is 4. The molecule has 226 valence electrons. The lowest BCUT2D eigenvalue weighted by Gasteiger charge is -2.46. The third-order valence-corrected chi connectivity index (χ3v) is 14.5. The highest BCUT2D eigenvalue weighted by molar-refractivity contribution is 9.10. The van der Waals surface area contributed by atoms with Crippen LogP contribution in [0.5, 0.6) is 0 Å². The summed E-state index contributed by atoms with van der Waals surface area (Å²) in [7, 11) is -2.72. The van der Waals surface area contributed by atoms with Crippen molar-refractivity contribution in [3.63, 3.8) is 0 Å². The van der Waals surface area contributed by atoms with Gasteiger partial charge in [-0.2, -0.15) is 0 Å². The molecule has 0 amide bonds. The Kier molecular flexibility index (Phi) is 9.66. The van der Waals surface area contributed by atoms with Crippen LogP contribution in [0.15, 0.2) is 83.5 Å². The number of imidazole rings is 1. The van der Waals surface area contributed by atoms with E-state index in [2.05, 4.69) is 97.4 Å². The Balaban J connectivity index is 1.59. The van der Waals surface area contributed by atoms with E-state index in [0.29, 0.717) is 9.63 Å². The van der Waals surface area contributed by atoms with Crippen LogP contribution in [0.2, 0.25) is 10.1 Å². The second-order valence-corrected chi connectivity index (χ2v) is 17.8. The number of aryl methyl sites for hydroxylation is 1. The van der Waals surface area contributed by atoms with Gasteiger partial charge in [0.2, 0.25) is 0 Å². The molecule has 3 aromatic carbocycles. The predicted molar refractivity (Wildman–Crippen MR) is 181 cm³/mol. The van der Waals surface area contributed by atoms with E-state index in [1.807, 2.05) is 29.7 Å². The highest BCUT2D eigenvalue weighted by Crippen LogP contribution is 2.43. The Labute approximate surface area is 269 Å². The maximum absolute atomic E-state index is 13.0. The van der Waals surface area contributed by atoms with Crippen LogP contribution in [-0.2, 0) is 9.16 Å². The number of ether oxygens (including phenoxy) is 1. The molecular formula is C35H40BrClN2O3Si. The van der Waals surface area contributed by atoms with Crippen molar-refractivity contribution in [2.45, 2.75) is 77.4 Å². The molecule has 0 spiro atoms. The first-order chi connectivity index (χ1) is 20.6. The average Bonchev–Trinajstić information content (AvgIpc) is 3.34. The van der Waals surface area contributed by atoms with Gasteiger partial charge >= 0.3 is 5.97 Å². The first-order valence-electron chi connectivity index (χ1n) is 15.1. The van der Waals surface area contributed by atoms with Crippen molar-refractivity contribution in [1.29, 1.82) is 0 Å². The summed E-state index contributed by atoms with van der Waals surface area (Å²) in [5, 5.41) is 3.07. The van der Waals surface area contributed by atoms with Crippen molar-refractivity contribution in [2.75, 3.05) is 6.61 Å². The summed E-state index contributed by atoms with van der Waals surface area (Å²) in [5.41, 5.74) is 2.22. The van der Waals surface area contributed by atoms with E-state index in [1.54, 1.807) is 6.92 Å². The van der Waals surface area contributed by atoms with E-state index in [9.17, 15) is 4.79 Å². The van der Waals surface area contributed by atoms with Gasteiger partial charge in [0, 0.05) is 17.0 Å². The maximum atomic E-state index is 13.0. The molecule has 2 unspecified atom stereocenters. The number of carbonyl (C=O) groups excluding carboxylic acids is 1. The van der Waals surface area contributed by atoms with Gasteiger partial charge in [-0.05, 0) is 82.1 Å². The molecule has 5 rings (SSSR count). The van der Waals surface area contributed by atoms with Crippen molar-refractivity contribution in [1.82, 2.24) is 9.55 Å². The highest BCUT2D eigenvalue weighted by atomic mass is 79.9. The Bertz CT molecular complexity index is 1530. The summed E-state index contributed by atoms with van der Waals surface area (Å²) in [6.45, 7) is 11.1. The summed E-state index contributed by atoms with van der Waals surface area (Å²) < 4.78 is 15.6. The molecule has 4 aromatic rings. The second kappa shape index (κ2) is 13.1. The Morgan fingerprint density at radius 1 is 1.02 bits per heavy atom. The molecule has 1 fully saturated rings. The van der Waals surface area contributed by atoms with Gasteiger partial charge in [-0.15, -0.1) is 0 Å². The molecule has 5 nitrogen and oxygen atoms in total. The zero-order valence-electron chi connectivity index (χ0n) is 25.6. The molecule has 8 heteroatoms. The smallest absolute Gasteiger partial charge is 0.359 e. The average molecular weight is 680 g/mol. The fourth-order valence-electron chi connectivity index (χ4n) is 6.50. The highest BCUT2D eigenvalue weighted by Gasteiger charge is 2.52. The van der Waals surface area contributed by atoms with Crippen LogP contribution < -0.4 is 10.4 Å². The van der Waals surface area contributed by atoms with E-state index < -0.39 is 14.3 Å². The predicted octanol–water partition coefficient (Wildman–Crippen LogP) is 8.38. The Morgan fingerprint density at radius 3 is 2.23 bits per heavy atom. The number of esters is 1. The monoisotopic (exact) mass is 678 g/mol. The third kappa shape index (κ3) is 6.28. The molecule has 0 radical (unpaired) electrons. The fourth-order valence-corrected chi connectivity index (χ4v) is 12.0. The molecular weight excluding hydrogens is 640 g/mol. The van der Waals surface area contributed by atoms with Gasteiger partial charge in [0.1, 0.15) is 10.4 Å². The molecule has 0 N–H and O–H groups in total. The molecule has 1 aliphatic carbocycles. The van der Waals surface area contributed by atoms with Gasteiger partial charge in [-0.3, -0.25) is 4.57 Å². The first-order valence-corrected chi connectivity index (χ1v) is 18.2. The first kappa shape index (κ1) is 31.7. The van der Waals surface area contributed by atoms with Crippen LogP contribution >= 0.6 is 27.5 Å². The Morgan fingerprint density at radius 2 is 1.65 bits per heavy atom. The van der Waals surface area contributed by atoms with E-state index in [-0.39, 0.29) is 29.4 Å². The van der Waals surface area contributed by atoms with Crippen molar-refractivity contribution < 1.29 is 14.0 Å².